The summed E-state index contributed by atoms with van der Waals surface area (Å²) in [6, 6.07) is 0. The number of allylic oxidation sites excluding steroid dienone is 2. The van der Waals surface area contributed by atoms with E-state index < -0.39 is 0 Å². The van der Waals surface area contributed by atoms with Crippen molar-refractivity contribution in [3.63, 3.8) is 0 Å². The first-order valence-electron chi connectivity index (χ1n) is 4.45. The van der Waals surface area contributed by atoms with E-state index in [1.807, 2.05) is 12.2 Å². The van der Waals surface area contributed by atoms with Crippen LogP contribution in [0.4, 0.5) is 0 Å². The second kappa shape index (κ2) is 14.6. The van der Waals surface area contributed by atoms with Gasteiger partial charge in [0.25, 0.3) is 0 Å². The Balaban J connectivity index is -0.000000143. The van der Waals surface area contributed by atoms with Gasteiger partial charge in [-0.05, 0) is 0 Å². The van der Waals surface area contributed by atoms with Crippen LogP contribution in [0.1, 0.15) is 26.7 Å². The van der Waals surface area contributed by atoms with Gasteiger partial charge in [-0.25, -0.2) is 0 Å². The molecular formula is C12H22Zn. The topological polar surface area (TPSA) is 0 Å². The summed E-state index contributed by atoms with van der Waals surface area (Å²) in [5, 5.41) is 0. The SMILES string of the molecule is C=CC(C)C[CH2-].C=CC(C)C[CH2-].[Zn+2]. The first kappa shape index (κ1) is 18.8. The van der Waals surface area contributed by atoms with Gasteiger partial charge in [0.05, 0.1) is 0 Å². The second-order valence-corrected chi connectivity index (χ2v) is 3.00. The van der Waals surface area contributed by atoms with Crippen molar-refractivity contribution >= 4 is 0 Å². The van der Waals surface area contributed by atoms with Crippen LogP contribution >= 0.6 is 0 Å². The molecule has 0 spiro atoms. The summed E-state index contributed by atoms with van der Waals surface area (Å²) in [7, 11) is 0. The largest absolute Gasteiger partial charge is 2.00 e. The maximum atomic E-state index is 3.69. The van der Waals surface area contributed by atoms with Crippen LogP contribution in [0.2, 0.25) is 0 Å². The van der Waals surface area contributed by atoms with E-state index in [0.717, 1.165) is 12.8 Å². The Labute approximate surface area is 97.3 Å². The van der Waals surface area contributed by atoms with Gasteiger partial charge in [0.15, 0.2) is 0 Å². The maximum Gasteiger partial charge on any atom is 2.00 e. The van der Waals surface area contributed by atoms with Crippen molar-refractivity contribution in [3.05, 3.63) is 39.2 Å². The molecule has 0 rings (SSSR count). The zero-order chi connectivity index (χ0) is 9.98. The standard InChI is InChI=1S/2C6H11.Zn/c2*1-4-6(3)5-2;/h2*4,6H,1-2,5H2,3H3;/q2*-1;+2. The molecule has 0 heterocycles. The first-order valence-corrected chi connectivity index (χ1v) is 4.45. The van der Waals surface area contributed by atoms with Crippen molar-refractivity contribution in [2.75, 3.05) is 0 Å². The number of hydrogen-bond donors (Lipinski definition) is 0. The van der Waals surface area contributed by atoms with Crippen molar-refractivity contribution in [3.8, 4) is 0 Å². The average Bonchev–Trinajstić information content (AvgIpc) is 2.16. The van der Waals surface area contributed by atoms with Crippen LogP contribution in [-0.2, 0) is 19.5 Å². The van der Waals surface area contributed by atoms with Gasteiger partial charge in [-0.3, -0.25) is 0 Å². The molecule has 2 atom stereocenters. The van der Waals surface area contributed by atoms with E-state index in [4.69, 9.17) is 0 Å². The number of rotatable bonds is 4. The minimum atomic E-state index is 0. The van der Waals surface area contributed by atoms with E-state index in [0.29, 0.717) is 11.8 Å². The summed E-state index contributed by atoms with van der Waals surface area (Å²) in [5.74, 6) is 1.18. The van der Waals surface area contributed by atoms with Gasteiger partial charge in [-0.1, -0.05) is 37.8 Å². The first-order chi connectivity index (χ1) is 5.62. The van der Waals surface area contributed by atoms with Crippen LogP contribution in [0, 0.1) is 25.7 Å². The fourth-order valence-corrected chi connectivity index (χ4v) is 0.236. The molecule has 0 amide bonds. The molecule has 0 aliphatic rings. The normalized spacial score (nSPS) is 12.6. The molecule has 0 radical (unpaired) electrons. The minimum Gasteiger partial charge on any atom is -0.343 e. The van der Waals surface area contributed by atoms with Gasteiger partial charge < -0.3 is 13.8 Å². The van der Waals surface area contributed by atoms with Gasteiger partial charge in [-0.15, -0.1) is 13.2 Å². The van der Waals surface area contributed by atoms with E-state index >= 15 is 0 Å². The predicted octanol–water partition coefficient (Wildman–Crippen LogP) is 4.06. The van der Waals surface area contributed by atoms with E-state index in [1.54, 1.807) is 0 Å². The predicted molar refractivity (Wildman–Crippen MR) is 58.7 cm³/mol. The zero-order valence-electron chi connectivity index (χ0n) is 9.26. The molecule has 1 heteroatoms. The average molecular weight is 232 g/mol. The molecule has 0 saturated heterocycles. The van der Waals surface area contributed by atoms with Crippen LogP contribution in [0.5, 0.6) is 0 Å². The van der Waals surface area contributed by atoms with Gasteiger partial charge in [0.1, 0.15) is 0 Å². The summed E-state index contributed by atoms with van der Waals surface area (Å²) < 4.78 is 0. The smallest absolute Gasteiger partial charge is 0.343 e. The fraction of sp³-hybridized carbons (Fsp3) is 0.500. The Bertz CT molecular complexity index is 93.7. The van der Waals surface area contributed by atoms with E-state index in [-0.39, 0.29) is 19.5 Å². The molecular weight excluding hydrogens is 210 g/mol. The Morgan fingerprint density at radius 1 is 1.00 bits per heavy atom. The maximum absolute atomic E-state index is 3.69. The third kappa shape index (κ3) is 18.8. The van der Waals surface area contributed by atoms with Crippen molar-refractivity contribution in [2.24, 2.45) is 11.8 Å². The summed E-state index contributed by atoms with van der Waals surface area (Å²) in [6.07, 6.45) is 5.74. The number of hydrogen-bond acceptors (Lipinski definition) is 0. The molecule has 0 bridgehead atoms. The molecule has 0 nitrogen and oxygen atoms in total. The summed E-state index contributed by atoms with van der Waals surface area (Å²) >= 11 is 0. The quantitative estimate of drug-likeness (QED) is 0.389. The second-order valence-electron chi connectivity index (χ2n) is 3.00. The molecule has 0 N–H and O–H groups in total. The Kier molecular flexibility index (Phi) is 21.1. The molecule has 0 aromatic rings. The third-order valence-electron chi connectivity index (χ3n) is 1.72. The molecule has 0 aliphatic carbocycles. The molecule has 0 aromatic carbocycles. The molecule has 72 valence electrons. The van der Waals surface area contributed by atoms with Crippen molar-refractivity contribution in [1.82, 2.24) is 0 Å². The fourth-order valence-electron chi connectivity index (χ4n) is 0.236. The molecule has 0 aromatic heterocycles. The van der Waals surface area contributed by atoms with E-state index in [9.17, 15) is 0 Å². The minimum absolute atomic E-state index is 0. The summed E-state index contributed by atoms with van der Waals surface area (Å²) in [5.41, 5.74) is 0. The van der Waals surface area contributed by atoms with Crippen LogP contribution in [0.25, 0.3) is 0 Å². The van der Waals surface area contributed by atoms with Gasteiger partial charge in [0.2, 0.25) is 0 Å². The van der Waals surface area contributed by atoms with E-state index in [2.05, 4.69) is 40.9 Å². The summed E-state index contributed by atoms with van der Waals surface area (Å²) in [6.45, 7) is 18.7. The van der Waals surface area contributed by atoms with Crippen molar-refractivity contribution in [1.29, 1.82) is 0 Å². The van der Waals surface area contributed by atoms with Crippen LogP contribution in [-0.4, -0.2) is 0 Å². The van der Waals surface area contributed by atoms with Crippen LogP contribution < -0.4 is 0 Å². The van der Waals surface area contributed by atoms with Crippen LogP contribution in [0.15, 0.2) is 25.3 Å². The monoisotopic (exact) mass is 230 g/mol. The molecule has 0 saturated carbocycles. The van der Waals surface area contributed by atoms with Crippen molar-refractivity contribution in [2.45, 2.75) is 26.7 Å². The Morgan fingerprint density at radius 2 is 1.23 bits per heavy atom. The Hall–Kier alpha value is 0.103. The van der Waals surface area contributed by atoms with E-state index in [1.165, 1.54) is 0 Å². The Morgan fingerprint density at radius 3 is 1.23 bits per heavy atom. The van der Waals surface area contributed by atoms with Gasteiger partial charge in [-0.2, -0.15) is 12.8 Å². The molecule has 2 unspecified atom stereocenters. The summed E-state index contributed by atoms with van der Waals surface area (Å²) in [4.78, 5) is 0. The molecule has 0 aliphatic heterocycles. The zero-order valence-corrected chi connectivity index (χ0v) is 12.2. The molecule has 13 heavy (non-hydrogen) atoms. The third-order valence-corrected chi connectivity index (χ3v) is 1.72. The van der Waals surface area contributed by atoms with Gasteiger partial charge >= 0.3 is 19.5 Å². The van der Waals surface area contributed by atoms with Crippen LogP contribution in [0.3, 0.4) is 0 Å². The molecule has 0 fully saturated rings. The van der Waals surface area contributed by atoms with Gasteiger partial charge in [0, 0.05) is 0 Å². The van der Waals surface area contributed by atoms with Crippen molar-refractivity contribution < 1.29 is 19.5 Å².